The number of halogens is 1. The predicted molar refractivity (Wildman–Crippen MR) is 97.2 cm³/mol. The molecular weight excluding hydrogens is 344 g/mol. The summed E-state index contributed by atoms with van der Waals surface area (Å²) in [6.07, 6.45) is 0.852. The number of nitrogens with one attached hydrogen (secondary N) is 1. The third-order valence-electron chi connectivity index (χ3n) is 3.94. The van der Waals surface area contributed by atoms with Crippen LogP contribution in [0.25, 0.3) is 0 Å². The van der Waals surface area contributed by atoms with E-state index in [4.69, 9.17) is 21.1 Å². The highest BCUT2D eigenvalue weighted by Crippen LogP contribution is 2.29. The van der Waals surface area contributed by atoms with E-state index in [0.29, 0.717) is 42.4 Å². The molecule has 0 aromatic heterocycles. The second-order valence-electron chi connectivity index (χ2n) is 7.08. The van der Waals surface area contributed by atoms with Crippen molar-refractivity contribution in [3.63, 3.8) is 0 Å². The maximum atomic E-state index is 12.5. The van der Waals surface area contributed by atoms with E-state index >= 15 is 0 Å². The Hall–Kier alpha value is -1.95. The Morgan fingerprint density at radius 1 is 1.24 bits per heavy atom. The highest BCUT2D eigenvalue weighted by atomic mass is 35.5. The van der Waals surface area contributed by atoms with Gasteiger partial charge in [0.1, 0.15) is 11.4 Å². The van der Waals surface area contributed by atoms with Gasteiger partial charge < -0.3 is 19.7 Å². The molecule has 1 aliphatic heterocycles. The molecule has 0 spiro atoms. The van der Waals surface area contributed by atoms with Crippen LogP contribution in [-0.4, -0.2) is 42.7 Å². The first-order chi connectivity index (χ1) is 11.7. The Morgan fingerprint density at radius 2 is 1.88 bits per heavy atom. The van der Waals surface area contributed by atoms with E-state index in [0.717, 1.165) is 0 Å². The maximum Gasteiger partial charge on any atom is 0.410 e. The number of benzene rings is 1. The molecule has 1 aromatic carbocycles. The van der Waals surface area contributed by atoms with E-state index in [1.807, 2.05) is 20.8 Å². The molecule has 1 aliphatic rings. The van der Waals surface area contributed by atoms with Crippen LogP contribution in [0.4, 0.5) is 10.5 Å². The number of hydrogen-bond donors (Lipinski definition) is 1. The third-order valence-corrected chi connectivity index (χ3v) is 4.17. The lowest BCUT2D eigenvalue weighted by Crippen LogP contribution is -2.43. The summed E-state index contributed by atoms with van der Waals surface area (Å²) in [4.78, 5) is 26.2. The van der Waals surface area contributed by atoms with E-state index in [-0.39, 0.29) is 17.9 Å². The minimum absolute atomic E-state index is 0.0931. The summed E-state index contributed by atoms with van der Waals surface area (Å²) in [6.45, 7) is 6.51. The van der Waals surface area contributed by atoms with Crippen LogP contribution < -0.4 is 10.1 Å². The summed E-state index contributed by atoms with van der Waals surface area (Å²) in [5.41, 5.74) is 0.0311. The second-order valence-corrected chi connectivity index (χ2v) is 7.51. The van der Waals surface area contributed by atoms with Gasteiger partial charge in [-0.25, -0.2) is 4.79 Å². The van der Waals surface area contributed by atoms with E-state index in [1.54, 1.807) is 23.1 Å². The topological polar surface area (TPSA) is 67.9 Å². The van der Waals surface area contributed by atoms with Crippen molar-refractivity contribution in [2.45, 2.75) is 39.2 Å². The summed E-state index contributed by atoms with van der Waals surface area (Å²) >= 11 is 5.98. The van der Waals surface area contributed by atoms with Crippen molar-refractivity contribution in [2.24, 2.45) is 5.92 Å². The molecule has 7 heteroatoms. The van der Waals surface area contributed by atoms with Gasteiger partial charge in [0.05, 0.1) is 12.8 Å². The Kier molecular flexibility index (Phi) is 6.16. The van der Waals surface area contributed by atoms with Crippen molar-refractivity contribution in [3.05, 3.63) is 23.2 Å². The normalized spacial score (nSPS) is 15.6. The molecule has 0 radical (unpaired) electrons. The molecule has 138 valence electrons. The van der Waals surface area contributed by atoms with Crippen molar-refractivity contribution >= 4 is 29.3 Å². The molecule has 0 unspecified atom stereocenters. The van der Waals surface area contributed by atoms with E-state index in [1.165, 1.54) is 7.11 Å². The van der Waals surface area contributed by atoms with E-state index < -0.39 is 5.60 Å². The summed E-state index contributed by atoms with van der Waals surface area (Å²) in [5, 5.41) is 3.40. The highest BCUT2D eigenvalue weighted by Gasteiger charge is 2.30. The molecule has 1 heterocycles. The number of methoxy groups -OCH3 is 1. The number of ether oxygens (including phenoxy) is 2. The molecule has 2 amide bonds. The van der Waals surface area contributed by atoms with Crippen LogP contribution in [0, 0.1) is 5.92 Å². The Bertz CT molecular complexity index is 634. The van der Waals surface area contributed by atoms with Gasteiger partial charge in [0.25, 0.3) is 0 Å². The molecule has 0 saturated carbocycles. The summed E-state index contributed by atoms with van der Waals surface area (Å²) in [7, 11) is 1.54. The van der Waals surface area contributed by atoms with E-state index in [2.05, 4.69) is 5.32 Å². The minimum Gasteiger partial charge on any atom is -0.495 e. The average molecular weight is 369 g/mol. The third kappa shape index (κ3) is 5.53. The SMILES string of the molecule is COc1ccc(Cl)cc1NC(=O)C1CCN(C(=O)OC(C)(C)C)CC1. The Morgan fingerprint density at radius 3 is 2.44 bits per heavy atom. The molecule has 1 aromatic rings. The number of nitrogens with zero attached hydrogens (tertiary/aromatic N) is 1. The fourth-order valence-electron chi connectivity index (χ4n) is 2.66. The molecule has 1 saturated heterocycles. The van der Waals surface area contributed by atoms with Crippen molar-refractivity contribution < 1.29 is 19.1 Å². The standard InChI is InChI=1S/C18H25ClN2O4/c1-18(2,3)25-17(23)21-9-7-12(8-10-21)16(22)20-14-11-13(19)5-6-15(14)24-4/h5-6,11-12H,7-10H2,1-4H3,(H,20,22). The van der Waals surface area contributed by atoms with Crippen molar-refractivity contribution in [1.29, 1.82) is 0 Å². The number of hydrogen-bond acceptors (Lipinski definition) is 4. The van der Waals surface area contributed by atoms with Gasteiger partial charge in [-0.15, -0.1) is 0 Å². The van der Waals surface area contributed by atoms with Gasteiger partial charge in [0.2, 0.25) is 5.91 Å². The van der Waals surface area contributed by atoms with Gasteiger partial charge in [-0.05, 0) is 51.8 Å². The first-order valence-electron chi connectivity index (χ1n) is 8.32. The predicted octanol–water partition coefficient (Wildman–Crippen LogP) is 3.93. The highest BCUT2D eigenvalue weighted by molar-refractivity contribution is 6.31. The molecular formula is C18H25ClN2O4. The largest absolute Gasteiger partial charge is 0.495 e. The Labute approximate surface area is 153 Å². The number of anilines is 1. The lowest BCUT2D eigenvalue weighted by Gasteiger charge is -2.33. The van der Waals surface area contributed by atoms with Crippen LogP contribution in [0.2, 0.25) is 5.02 Å². The molecule has 6 nitrogen and oxygen atoms in total. The first-order valence-corrected chi connectivity index (χ1v) is 8.70. The zero-order valence-electron chi connectivity index (χ0n) is 15.1. The van der Waals surface area contributed by atoms with Crippen LogP contribution in [0.3, 0.4) is 0 Å². The summed E-state index contributed by atoms with van der Waals surface area (Å²) in [6, 6.07) is 5.08. The molecule has 0 atom stereocenters. The van der Waals surface area contributed by atoms with Gasteiger partial charge in [-0.2, -0.15) is 0 Å². The second kappa shape index (κ2) is 7.95. The Balaban J connectivity index is 1.91. The zero-order chi connectivity index (χ0) is 18.6. The van der Waals surface area contributed by atoms with Crippen LogP contribution in [-0.2, 0) is 9.53 Å². The number of amides is 2. The van der Waals surface area contributed by atoms with Gasteiger partial charge >= 0.3 is 6.09 Å². The number of rotatable bonds is 3. The molecule has 1 fully saturated rings. The zero-order valence-corrected chi connectivity index (χ0v) is 15.9. The first kappa shape index (κ1) is 19.4. The fourth-order valence-corrected chi connectivity index (χ4v) is 2.84. The van der Waals surface area contributed by atoms with Crippen LogP contribution in [0.5, 0.6) is 5.75 Å². The van der Waals surface area contributed by atoms with Gasteiger partial charge in [0.15, 0.2) is 0 Å². The van der Waals surface area contributed by atoms with Gasteiger partial charge in [-0.1, -0.05) is 11.6 Å². The monoisotopic (exact) mass is 368 g/mol. The smallest absolute Gasteiger partial charge is 0.410 e. The van der Waals surface area contributed by atoms with Crippen LogP contribution >= 0.6 is 11.6 Å². The lowest BCUT2D eigenvalue weighted by molar-refractivity contribution is -0.121. The summed E-state index contributed by atoms with van der Waals surface area (Å²) < 4.78 is 10.6. The minimum atomic E-state index is -0.519. The maximum absolute atomic E-state index is 12.5. The molecule has 0 aliphatic carbocycles. The summed E-state index contributed by atoms with van der Waals surface area (Å²) in [5.74, 6) is 0.302. The number of piperidine rings is 1. The average Bonchev–Trinajstić information content (AvgIpc) is 2.53. The van der Waals surface area contributed by atoms with E-state index in [9.17, 15) is 9.59 Å². The number of likely N-dealkylation sites (tertiary alicyclic amines) is 1. The van der Waals surface area contributed by atoms with Crippen LogP contribution in [0.15, 0.2) is 18.2 Å². The molecule has 1 N–H and O–H groups in total. The molecule has 25 heavy (non-hydrogen) atoms. The van der Waals surface area contributed by atoms with Crippen LogP contribution in [0.1, 0.15) is 33.6 Å². The number of carbonyl (C=O) groups excluding carboxylic acids is 2. The molecule has 2 rings (SSSR count). The fraction of sp³-hybridized carbons (Fsp3) is 0.556. The number of carbonyl (C=O) groups is 2. The van der Waals surface area contributed by atoms with Crippen molar-refractivity contribution in [3.8, 4) is 5.75 Å². The van der Waals surface area contributed by atoms with Gasteiger partial charge in [0, 0.05) is 24.0 Å². The van der Waals surface area contributed by atoms with Crippen molar-refractivity contribution in [1.82, 2.24) is 4.90 Å². The molecule has 0 bridgehead atoms. The van der Waals surface area contributed by atoms with Gasteiger partial charge in [-0.3, -0.25) is 4.79 Å². The lowest BCUT2D eigenvalue weighted by atomic mass is 9.96. The van der Waals surface area contributed by atoms with Crippen molar-refractivity contribution in [2.75, 3.05) is 25.5 Å². The quantitative estimate of drug-likeness (QED) is 0.877.